The van der Waals surface area contributed by atoms with Crippen LogP contribution in [0.25, 0.3) is 0 Å². The van der Waals surface area contributed by atoms with Gasteiger partial charge in [0, 0.05) is 18.1 Å². The van der Waals surface area contributed by atoms with Crippen molar-refractivity contribution in [3.8, 4) is 0 Å². The number of anilines is 3. The summed E-state index contributed by atoms with van der Waals surface area (Å²) in [5, 5.41) is 2.75. The predicted octanol–water partition coefficient (Wildman–Crippen LogP) is 3.13. The number of hydrogen-bond donors (Lipinski definition) is 2. The zero-order chi connectivity index (χ0) is 14.0. The molecule has 1 aromatic heterocycles. The molecule has 2 aromatic rings. The van der Waals surface area contributed by atoms with E-state index in [0.717, 1.165) is 12.1 Å². The molecule has 7 heteroatoms. The van der Waals surface area contributed by atoms with E-state index in [9.17, 15) is 13.2 Å². The third kappa shape index (κ3) is 2.93. The molecule has 0 aliphatic heterocycles. The van der Waals surface area contributed by atoms with Crippen molar-refractivity contribution < 1.29 is 13.2 Å². The fourth-order valence-electron chi connectivity index (χ4n) is 1.51. The lowest BCUT2D eigenvalue weighted by molar-refractivity contribution is -0.137. The van der Waals surface area contributed by atoms with Gasteiger partial charge in [-0.3, -0.25) is 0 Å². The number of halogens is 3. The van der Waals surface area contributed by atoms with Gasteiger partial charge in [-0.05, 0) is 24.6 Å². The number of alkyl halides is 3. The van der Waals surface area contributed by atoms with Crippen LogP contribution in [-0.2, 0) is 6.18 Å². The third-order valence-corrected chi connectivity index (χ3v) is 2.54. The lowest BCUT2D eigenvalue weighted by Gasteiger charge is -2.13. The molecule has 0 atom stereocenters. The van der Waals surface area contributed by atoms with Crippen LogP contribution in [0, 0.1) is 6.92 Å². The summed E-state index contributed by atoms with van der Waals surface area (Å²) < 4.78 is 37.9. The summed E-state index contributed by atoms with van der Waals surface area (Å²) in [4.78, 5) is 7.73. The van der Waals surface area contributed by atoms with Crippen LogP contribution in [0.4, 0.5) is 30.5 Å². The van der Waals surface area contributed by atoms with Crippen molar-refractivity contribution in [1.82, 2.24) is 9.97 Å². The SMILES string of the molecule is Cc1ccc(C(F)(F)F)cc1Nc1nccnc1N. The quantitative estimate of drug-likeness (QED) is 0.878. The van der Waals surface area contributed by atoms with Crippen molar-refractivity contribution in [2.75, 3.05) is 11.1 Å². The Kier molecular flexibility index (Phi) is 3.28. The second kappa shape index (κ2) is 4.75. The Labute approximate surface area is 107 Å². The summed E-state index contributed by atoms with van der Waals surface area (Å²) in [7, 11) is 0. The van der Waals surface area contributed by atoms with E-state index in [2.05, 4.69) is 15.3 Å². The average Bonchev–Trinajstić information content (AvgIpc) is 2.33. The third-order valence-electron chi connectivity index (χ3n) is 2.54. The standard InChI is InChI=1S/C12H11F3N4/c1-7-2-3-8(12(13,14)15)6-9(7)19-11-10(16)17-4-5-18-11/h2-6H,1H3,(H2,16,17)(H,18,19). The van der Waals surface area contributed by atoms with Crippen LogP contribution >= 0.6 is 0 Å². The normalized spacial score (nSPS) is 11.4. The molecule has 0 saturated carbocycles. The Morgan fingerprint density at radius 3 is 2.47 bits per heavy atom. The topological polar surface area (TPSA) is 63.8 Å². The minimum absolute atomic E-state index is 0.124. The molecule has 1 heterocycles. The van der Waals surface area contributed by atoms with E-state index in [4.69, 9.17) is 5.73 Å². The molecular weight excluding hydrogens is 257 g/mol. The number of nitrogens with one attached hydrogen (secondary N) is 1. The van der Waals surface area contributed by atoms with Gasteiger partial charge in [0.1, 0.15) is 0 Å². The lowest BCUT2D eigenvalue weighted by atomic mass is 10.1. The van der Waals surface area contributed by atoms with Gasteiger partial charge in [0.15, 0.2) is 11.6 Å². The van der Waals surface area contributed by atoms with Crippen LogP contribution in [0.5, 0.6) is 0 Å². The van der Waals surface area contributed by atoms with E-state index in [1.54, 1.807) is 6.92 Å². The van der Waals surface area contributed by atoms with Gasteiger partial charge in [0.25, 0.3) is 0 Å². The highest BCUT2D eigenvalue weighted by atomic mass is 19.4. The number of aryl methyl sites for hydroxylation is 1. The summed E-state index contributed by atoms with van der Waals surface area (Å²) in [5.41, 5.74) is 5.80. The summed E-state index contributed by atoms with van der Waals surface area (Å²) in [5.74, 6) is 0.351. The highest BCUT2D eigenvalue weighted by molar-refractivity contribution is 5.68. The summed E-state index contributed by atoms with van der Waals surface area (Å²) >= 11 is 0. The van der Waals surface area contributed by atoms with Crippen LogP contribution in [0.3, 0.4) is 0 Å². The first-order valence-electron chi connectivity index (χ1n) is 5.39. The van der Waals surface area contributed by atoms with E-state index >= 15 is 0 Å². The van der Waals surface area contributed by atoms with Gasteiger partial charge < -0.3 is 11.1 Å². The van der Waals surface area contributed by atoms with Crippen molar-refractivity contribution in [1.29, 1.82) is 0 Å². The molecular formula is C12H11F3N4. The Balaban J connectivity index is 2.38. The van der Waals surface area contributed by atoms with Crippen molar-refractivity contribution in [2.24, 2.45) is 0 Å². The van der Waals surface area contributed by atoms with Gasteiger partial charge in [-0.2, -0.15) is 13.2 Å². The maximum atomic E-state index is 12.6. The molecule has 0 aliphatic carbocycles. The van der Waals surface area contributed by atoms with E-state index < -0.39 is 11.7 Å². The van der Waals surface area contributed by atoms with E-state index in [0.29, 0.717) is 11.3 Å². The monoisotopic (exact) mass is 268 g/mol. The van der Waals surface area contributed by atoms with E-state index in [1.165, 1.54) is 18.5 Å². The molecule has 0 spiro atoms. The van der Waals surface area contributed by atoms with Gasteiger partial charge in [-0.15, -0.1) is 0 Å². The van der Waals surface area contributed by atoms with E-state index in [1.807, 2.05) is 0 Å². The Bertz CT molecular complexity index is 596. The van der Waals surface area contributed by atoms with Crippen molar-refractivity contribution in [3.63, 3.8) is 0 Å². The maximum absolute atomic E-state index is 12.6. The van der Waals surface area contributed by atoms with Gasteiger partial charge in [0.2, 0.25) is 0 Å². The fraction of sp³-hybridized carbons (Fsp3) is 0.167. The first kappa shape index (κ1) is 13.1. The molecule has 0 radical (unpaired) electrons. The Morgan fingerprint density at radius 1 is 1.16 bits per heavy atom. The largest absolute Gasteiger partial charge is 0.416 e. The molecule has 0 amide bonds. The van der Waals surface area contributed by atoms with Crippen molar-refractivity contribution in [2.45, 2.75) is 13.1 Å². The van der Waals surface area contributed by atoms with Gasteiger partial charge >= 0.3 is 6.18 Å². The van der Waals surface area contributed by atoms with Crippen molar-refractivity contribution >= 4 is 17.3 Å². The molecule has 4 nitrogen and oxygen atoms in total. The first-order chi connectivity index (χ1) is 8.88. The first-order valence-corrected chi connectivity index (χ1v) is 5.39. The van der Waals surface area contributed by atoms with Crippen LogP contribution in [0.15, 0.2) is 30.6 Å². The number of benzene rings is 1. The van der Waals surface area contributed by atoms with Gasteiger partial charge in [-0.25, -0.2) is 9.97 Å². The highest BCUT2D eigenvalue weighted by Crippen LogP contribution is 2.33. The number of aromatic nitrogens is 2. The molecule has 0 saturated heterocycles. The second-order valence-electron chi connectivity index (χ2n) is 3.94. The Hall–Kier alpha value is -2.31. The van der Waals surface area contributed by atoms with Crippen LogP contribution in [0.1, 0.15) is 11.1 Å². The minimum Gasteiger partial charge on any atom is -0.381 e. The number of nitrogen functional groups attached to an aromatic ring is 1. The van der Waals surface area contributed by atoms with Gasteiger partial charge in [-0.1, -0.05) is 6.07 Å². The molecule has 0 aliphatic rings. The highest BCUT2D eigenvalue weighted by Gasteiger charge is 2.30. The predicted molar refractivity (Wildman–Crippen MR) is 65.9 cm³/mol. The average molecular weight is 268 g/mol. The maximum Gasteiger partial charge on any atom is 0.416 e. The molecule has 19 heavy (non-hydrogen) atoms. The molecule has 0 bridgehead atoms. The lowest BCUT2D eigenvalue weighted by Crippen LogP contribution is -2.07. The zero-order valence-electron chi connectivity index (χ0n) is 9.99. The zero-order valence-corrected chi connectivity index (χ0v) is 9.99. The smallest absolute Gasteiger partial charge is 0.381 e. The number of rotatable bonds is 2. The van der Waals surface area contributed by atoms with Crippen LogP contribution in [-0.4, -0.2) is 9.97 Å². The molecule has 0 unspecified atom stereocenters. The summed E-state index contributed by atoms with van der Waals surface area (Å²) in [6.07, 6.45) is -1.58. The molecule has 3 N–H and O–H groups in total. The number of hydrogen-bond acceptors (Lipinski definition) is 4. The fourth-order valence-corrected chi connectivity index (χ4v) is 1.51. The van der Waals surface area contributed by atoms with E-state index in [-0.39, 0.29) is 11.6 Å². The van der Waals surface area contributed by atoms with Crippen LogP contribution < -0.4 is 11.1 Å². The summed E-state index contributed by atoms with van der Waals surface area (Å²) in [6.45, 7) is 1.69. The molecule has 1 aromatic carbocycles. The van der Waals surface area contributed by atoms with Crippen molar-refractivity contribution in [3.05, 3.63) is 41.7 Å². The molecule has 2 rings (SSSR count). The number of nitrogens with two attached hydrogens (primary N) is 1. The molecule has 100 valence electrons. The number of nitrogens with zero attached hydrogens (tertiary/aromatic N) is 2. The summed E-state index contributed by atoms with van der Waals surface area (Å²) in [6, 6.07) is 3.43. The van der Waals surface area contributed by atoms with Gasteiger partial charge in [0.05, 0.1) is 5.56 Å². The second-order valence-corrected chi connectivity index (χ2v) is 3.94. The van der Waals surface area contributed by atoms with Crippen LogP contribution in [0.2, 0.25) is 0 Å². The Morgan fingerprint density at radius 2 is 1.84 bits per heavy atom. The molecule has 0 fully saturated rings. The minimum atomic E-state index is -4.39.